The Morgan fingerprint density at radius 3 is 2.89 bits per heavy atom. The number of nitrogens with zero attached hydrogens (tertiary/aromatic N) is 2. The van der Waals surface area contributed by atoms with Crippen LogP contribution in [0.15, 0.2) is 36.9 Å². The minimum Gasteiger partial charge on any atom is -1.00 e. The summed E-state index contributed by atoms with van der Waals surface area (Å²) in [5.41, 5.74) is 0.484. The van der Waals surface area contributed by atoms with E-state index in [1.807, 2.05) is 27.9 Å². The Bertz CT molecular complexity index is 554. The summed E-state index contributed by atoms with van der Waals surface area (Å²) in [4.78, 5) is 0. The molecule has 1 heterocycles. The molecule has 0 radical (unpaired) electrons. The topological polar surface area (TPSA) is 8.81 Å². The van der Waals surface area contributed by atoms with Crippen molar-refractivity contribution in [2.75, 3.05) is 0 Å². The van der Waals surface area contributed by atoms with E-state index in [0.717, 1.165) is 0 Å². The highest BCUT2D eigenvalue weighted by atomic mass is 79.9. The lowest BCUT2D eigenvalue weighted by Crippen LogP contribution is -3.00. The summed E-state index contributed by atoms with van der Waals surface area (Å²) >= 11 is 5.95. The standard InChI is InChI=1S/C13H11ClFN2.BrH/c1-2-6-16-7-8-17(10-16)9-11-12(14)4-3-5-13(11)15;/h1,3-5,7-8,10H,6,9H2;1H/q+1;/p-1. The van der Waals surface area contributed by atoms with Gasteiger partial charge >= 0.3 is 0 Å². The van der Waals surface area contributed by atoms with Crippen LogP contribution in [0.3, 0.4) is 0 Å². The first kappa shape index (κ1) is 14.7. The van der Waals surface area contributed by atoms with E-state index in [4.69, 9.17) is 18.0 Å². The van der Waals surface area contributed by atoms with Gasteiger partial charge < -0.3 is 17.0 Å². The van der Waals surface area contributed by atoms with Gasteiger partial charge in [-0.05, 0) is 12.1 Å². The number of halogens is 3. The first-order valence-corrected chi connectivity index (χ1v) is 5.49. The zero-order valence-corrected chi connectivity index (χ0v) is 11.8. The molecular weight excluding hydrogens is 319 g/mol. The first-order valence-electron chi connectivity index (χ1n) is 5.12. The quantitative estimate of drug-likeness (QED) is 0.518. The SMILES string of the molecule is C#CCn1cc[n+](Cc2c(F)cccc2Cl)c1.[Br-]. The summed E-state index contributed by atoms with van der Waals surface area (Å²) in [6, 6.07) is 4.68. The molecule has 0 saturated heterocycles. The van der Waals surface area contributed by atoms with Crippen molar-refractivity contribution in [1.82, 2.24) is 4.57 Å². The maximum atomic E-state index is 13.6. The smallest absolute Gasteiger partial charge is 0.244 e. The molecule has 18 heavy (non-hydrogen) atoms. The molecule has 0 aliphatic rings. The second-order valence-corrected chi connectivity index (χ2v) is 4.07. The van der Waals surface area contributed by atoms with Crippen LogP contribution in [0.2, 0.25) is 5.02 Å². The van der Waals surface area contributed by atoms with E-state index in [-0.39, 0.29) is 22.8 Å². The Hall–Kier alpha value is -1.31. The molecule has 2 nitrogen and oxygen atoms in total. The van der Waals surface area contributed by atoms with Crippen molar-refractivity contribution < 1.29 is 25.9 Å². The maximum absolute atomic E-state index is 13.6. The Balaban J connectivity index is 0.00000162. The van der Waals surface area contributed by atoms with Crippen LogP contribution in [0.4, 0.5) is 4.39 Å². The van der Waals surface area contributed by atoms with Gasteiger partial charge in [0.25, 0.3) is 0 Å². The number of hydrogen-bond acceptors (Lipinski definition) is 0. The lowest BCUT2D eigenvalue weighted by Gasteiger charge is -2.02. The normalized spacial score (nSPS) is 9.61. The van der Waals surface area contributed by atoms with Crippen LogP contribution in [0.5, 0.6) is 0 Å². The first-order chi connectivity index (χ1) is 8.20. The highest BCUT2D eigenvalue weighted by molar-refractivity contribution is 6.31. The van der Waals surface area contributed by atoms with Crippen LogP contribution in [-0.2, 0) is 13.1 Å². The highest BCUT2D eigenvalue weighted by Gasteiger charge is 2.11. The van der Waals surface area contributed by atoms with Crippen LogP contribution in [0, 0.1) is 18.2 Å². The van der Waals surface area contributed by atoms with Crippen LogP contribution >= 0.6 is 11.6 Å². The number of aromatic nitrogens is 2. The molecule has 0 N–H and O–H groups in total. The Kier molecular flexibility index (Phi) is 5.39. The molecule has 0 aliphatic heterocycles. The molecule has 1 aromatic heterocycles. The van der Waals surface area contributed by atoms with Crippen molar-refractivity contribution in [1.29, 1.82) is 0 Å². The zero-order chi connectivity index (χ0) is 12.3. The van der Waals surface area contributed by atoms with Crippen molar-refractivity contribution in [2.24, 2.45) is 0 Å². The van der Waals surface area contributed by atoms with E-state index >= 15 is 0 Å². The predicted octanol–water partition coefficient (Wildman–Crippen LogP) is -0.746. The summed E-state index contributed by atoms with van der Waals surface area (Å²) in [6.45, 7) is 0.890. The summed E-state index contributed by atoms with van der Waals surface area (Å²) < 4.78 is 17.2. The molecule has 94 valence electrons. The van der Waals surface area contributed by atoms with Gasteiger partial charge in [0, 0.05) is 5.56 Å². The molecule has 0 atom stereocenters. The molecule has 0 bridgehead atoms. The average Bonchev–Trinajstić information content (AvgIpc) is 2.72. The van der Waals surface area contributed by atoms with Crippen molar-refractivity contribution in [3.63, 3.8) is 0 Å². The third-order valence-corrected chi connectivity index (χ3v) is 2.78. The number of imidazole rings is 1. The molecule has 0 saturated carbocycles. The van der Waals surface area contributed by atoms with E-state index in [0.29, 0.717) is 23.7 Å². The van der Waals surface area contributed by atoms with Crippen LogP contribution in [-0.4, -0.2) is 4.57 Å². The van der Waals surface area contributed by atoms with Gasteiger partial charge in [0.2, 0.25) is 6.33 Å². The van der Waals surface area contributed by atoms with Gasteiger partial charge in [-0.15, -0.1) is 6.42 Å². The molecule has 0 unspecified atom stereocenters. The monoisotopic (exact) mass is 328 g/mol. The third kappa shape index (κ3) is 3.34. The maximum Gasteiger partial charge on any atom is 0.244 e. The molecule has 0 spiro atoms. The third-order valence-electron chi connectivity index (χ3n) is 2.42. The Labute approximate surface area is 121 Å². The van der Waals surface area contributed by atoms with Crippen molar-refractivity contribution in [3.05, 3.63) is 53.3 Å². The molecule has 0 aliphatic carbocycles. The number of rotatable bonds is 3. The molecule has 2 aromatic rings. The fourth-order valence-corrected chi connectivity index (χ4v) is 1.82. The predicted molar refractivity (Wildman–Crippen MR) is 64.0 cm³/mol. The van der Waals surface area contributed by atoms with Crippen molar-refractivity contribution in [3.8, 4) is 12.3 Å². The fourth-order valence-electron chi connectivity index (χ4n) is 1.60. The largest absolute Gasteiger partial charge is 1.00 e. The van der Waals surface area contributed by atoms with E-state index in [1.54, 1.807) is 12.1 Å². The van der Waals surface area contributed by atoms with Gasteiger partial charge in [0.1, 0.15) is 24.8 Å². The summed E-state index contributed by atoms with van der Waals surface area (Å²) in [5.74, 6) is 2.24. The molecular formula is C13H11BrClFN2. The number of terminal acetylenes is 1. The van der Waals surface area contributed by atoms with Gasteiger partial charge in [-0.25, -0.2) is 13.5 Å². The van der Waals surface area contributed by atoms with Gasteiger partial charge in [-0.2, -0.15) is 0 Å². The minimum absolute atomic E-state index is 0. The average molecular weight is 330 g/mol. The van der Waals surface area contributed by atoms with Crippen LogP contribution in [0.1, 0.15) is 5.56 Å². The van der Waals surface area contributed by atoms with E-state index in [2.05, 4.69) is 5.92 Å². The summed E-state index contributed by atoms with van der Waals surface area (Å²) in [7, 11) is 0. The molecule has 0 fully saturated rings. The summed E-state index contributed by atoms with van der Waals surface area (Å²) in [6.07, 6.45) is 10.7. The second-order valence-electron chi connectivity index (χ2n) is 3.66. The highest BCUT2D eigenvalue weighted by Crippen LogP contribution is 2.18. The minimum atomic E-state index is -0.297. The van der Waals surface area contributed by atoms with Gasteiger partial charge in [0.15, 0.2) is 6.54 Å². The zero-order valence-electron chi connectivity index (χ0n) is 9.48. The van der Waals surface area contributed by atoms with Crippen molar-refractivity contribution >= 4 is 11.6 Å². The fraction of sp³-hybridized carbons (Fsp3) is 0.154. The van der Waals surface area contributed by atoms with Gasteiger partial charge in [-0.1, -0.05) is 23.6 Å². The van der Waals surface area contributed by atoms with E-state index in [1.165, 1.54) is 6.07 Å². The van der Waals surface area contributed by atoms with Gasteiger partial charge in [0.05, 0.1) is 5.02 Å². The van der Waals surface area contributed by atoms with E-state index < -0.39 is 0 Å². The molecule has 0 amide bonds. The van der Waals surface area contributed by atoms with E-state index in [9.17, 15) is 4.39 Å². The van der Waals surface area contributed by atoms with Crippen LogP contribution in [0.25, 0.3) is 0 Å². The Morgan fingerprint density at radius 2 is 2.22 bits per heavy atom. The van der Waals surface area contributed by atoms with Crippen LogP contribution < -0.4 is 21.5 Å². The second kappa shape index (κ2) is 6.58. The number of benzene rings is 1. The molecule has 2 rings (SSSR count). The lowest BCUT2D eigenvalue weighted by molar-refractivity contribution is -0.688. The molecule has 5 heteroatoms. The van der Waals surface area contributed by atoms with Crippen molar-refractivity contribution in [2.45, 2.75) is 13.1 Å². The number of hydrogen-bond donors (Lipinski definition) is 0. The summed E-state index contributed by atoms with van der Waals surface area (Å²) in [5, 5.41) is 0.433. The van der Waals surface area contributed by atoms with Gasteiger partial charge in [-0.3, -0.25) is 0 Å². The lowest BCUT2D eigenvalue weighted by atomic mass is 10.2. The Morgan fingerprint density at radius 1 is 1.44 bits per heavy atom. The molecule has 1 aromatic carbocycles.